The van der Waals surface area contributed by atoms with Gasteiger partial charge < -0.3 is 25.2 Å². The molecule has 7 heteroatoms. The standard InChI is InChI=1S/C20H28N2O5/c1-4-6-7-8-11-27-19(24)17-13(3)21-20(25)22-18(17)14-9-10-15(23)16(12-14)26-5-2/h9-10,12,18,23H,4-8,11H2,1-3H3,(H2,21,22,25)/t18-/m0/s1. The van der Waals surface area contributed by atoms with Crippen molar-refractivity contribution in [2.24, 2.45) is 0 Å². The molecule has 1 aliphatic heterocycles. The van der Waals surface area contributed by atoms with Crippen molar-refractivity contribution < 1.29 is 24.2 Å². The van der Waals surface area contributed by atoms with Crippen molar-refractivity contribution >= 4 is 12.0 Å². The largest absolute Gasteiger partial charge is 0.504 e. The summed E-state index contributed by atoms with van der Waals surface area (Å²) < 4.78 is 10.8. The number of nitrogens with one attached hydrogen (secondary N) is 2. The van der Waals surface area contributed by atoms with Gasteiger partial charge in [-0.15, -0.1) is 0 Å². The van der Waals surface area contributed by atoms with Crippen molar-refractivity contribution in [1.82, 2.24) is 10.6 Å². The first-order valence-corrected chi connectivity index (χ1v) is 9.39. The molecule has 0 radical (unpaired) electrons. The highest BCUT2D eigenvalue weighted by atomic mass is 16.5. The SMILES string of the molecule is CCCCCCOC(=O)C1=C(C)NC(=O)N[C@H]1c1ccc(O)c(OCC)c1. The van der Waals surface area contributed by atoms with Crippen molar-refractivity contribution in [1.29, 1.82) is 0 Å². The molecule has 0 bridgehead atoms. The van der Waals surface area contributed by atoms with Gasteiger partial charge in [0.1, 0.15) is 0 Å². The first-order chi connectivity index (χ1) is 13.0. The molecule has 0 aromatic heterocycles. The maximum atomic E-state index is 12.7. The van der Waals surface area contributed by atoms with Crippen molar-refractivity contribution in [3.8, 4) is 11.5 Å². The second-order valence-corrected chi connectivity index (χ2v) is 6.43. The van der Waals surface area contributed by atoms with Gasteiger partial charge in [0.25, 0.3) is 0 Å². The van der Waals surface area contributed by atoms with Crippen LogP contribution in [0.2, 0.25) is 0 Å². The molecule has 7 nitrogen and oxygen atoms in total. The molecule has 0 saturated heterocycles. The van der Waals surface area contributed by atoms with Crippen molar-refractivity contribution in [3.63, 3.8) is 0 Å². The predicted octanol–water partition coefficient (Wildman–Crippen LogP) is 3.54. The van der Waals surface area contributed by atoms with Crippen LogP contribution >= 0.6 is 0 Å². The Morgan fingerprint density at radius 3 is 2.70 bits per heavy atom. The summed E-state index contributed by atoms with van der Waals surface area (Å²) in [4.78, 5) is 24.6. The van der Waals surface area contributed by atoms with E-state index in [-0.39, 0.29) is 5.75 Å². The van der Waals surface area contributed by atoms with E-state index in [2.05, 4.69) is 17.6 Å². The fraction of sp³-hybridized carbons (Fsp3) is 0.500. The quantitative estimate of drug-likeness (QED) is 0.452. The van der Waals surface area contributed by atoms with E-state index in [1.807, 2.05) is 6.92 Å². The summed E-state index contributed by atoms with van der Waals surface area (Å²) in [5.74, 6) is -0.165. The second kappa shape index (κ2) is 9.85. The lowest BCUT2D eigenvalue weighted by Crippen LogP contribution is -2.45. The van der Waals surface area contributed by atoms with Gasteiger partial charge in [-0.3, -0.25) is 0 Å². The fourth-order valence-corrected chi connectivity index (χ4v) is 2.97. The Morgan fingerprint density at radius 1 is 1.22 bits per heavy atom. The molecule has 0 spiro atoms. The fourth-order valence-electron chi connectivity index (χ4n) is 2.97. The zero-order valence-corrected chi connectivity index (χ0v) is 16.1. The van der Waals surface area contributed by atoms with Crippen molar-refractivity contribution in [2.45, 2.75) is 52.5 Å². The number of benzene rings is 1. The lowest BCUT2D eigenvalue weighted by atomic mass is 9.95. The van der Waals surface area contributed by atoms with Crippen LogP contribution in [0.3, 0.4) is 0 Å². The molecular formula is C20H28N2O5. The molecule has 0 saturated carbocycles. The minimum Gasteiger partial charge on any atom is -0.504 e. The van der Waals surface area contributed by atoms with E-state index in [1.54, 1.807) is 19.1 Å². The number of carbonyl (C=O) groups is 2. The molecule has 0 unspecified atom stereocenters. The average molecular weight is 376 g/mol. The zero-order valence-electron chi connectivity index (χ0n) is 16.1. The van der Waals surface area contributed by atoms with Gasteiger partial charge in [0.2, 0.25) is 0 Å². The van der Waals surface area contributed by atoms with E-state index in [0.29, 0.717) is 35.8 Å². The molecule has 1 atom stereocenters. The minimum absolute atomic E-state index is 0.00149. The first-order valence-electron chi connectivity index (χ1n) is 9.39. The maximum absolute atomic E-state index is 12.7. The van der Waals surface area contributed by atoms with Gasteiger partial charge in [0.15, 0.2) is 11.5 Å². The van der Waals surface area contributed by atoms with Crippen LogP contribution in [0.15, 0.2) is 29.5 Å². The molecule has 0 fully saturated rings. The molecule has 27 heavy (non-hydrogen) atoms. The smallest absolute Gasteiger partial charge is 0.338 e. The van der Waals surface area contributed by atoms with Crippen LogP contribution in [0.25, 0.3) is 0 Å². The van der Waals surface area contributed by atoms with Gasteiger partial charge in [-0.05, 0) is 38.0 Å². The maximum Gasteiger partial charge on any atom is 0.338 e. The second-order valence-electron chi connectivity index (χ2n) is 6.43. The number of urea groups is 1. The third-order valence-electron chi connectivity index (χ3n) is 4.34. The summed E-state index contributed by atoms with van der Waals surface area (Å²) in [5, 5.41) is 15.3. The van der Waals surface area contributed by atoms with Crippen molar-refractivity contribution in [3.05, 3.63) is 35.0 Å². The molecule has 1 aliphatic rings. The predicted molar refractivity (Wildman–Crippen MR) is 101 cm³/mol. The van der Waals surface area contributed by atoms with Crippen LogP contribution in [-0.2, 0) is 9.53 Å². The summed E-state index contributed by atoms with van der Waals surface area (Å²) in [7, 11) is 0. The van der Waals surface area contributed by atoms with Crippen LogP contribution in [0.4, 0.5) is 4.79 Å². The lowest BCUT2D eigenvalue weighted by Gasteiger charge is -2.28. The van der Waals surface area contributed by atoms with Gasteiger partial charge in [-0.1, -0.05) is 32.3 Å². The molecule has 0 aliphatic carbocycles. The summed E-state index contributed by atoms with van der Waals surface area (Å²) in [6, 6.07) is 3.68. The minimum atomic E-state index is -0.679. The van der Waals surface area contributed by atoms with Crippen molar-refractivity contribution in [2.75, 3.05) is 13.2 Å². The Kier molecular flexibility index (Phi) is 7.52. The molecule has 2 amide bonds. The Balaban J connectivity index is 2.22. The summed E-state index contributed by atoms with van der Waals surface area (Å²) in [6.45, 7) is 6.33. The molecular weight excluding hydrogens is 348 g/mol. The zero-order chi connectivity index (χ0) is 19.8. The van der Waals surface area contributed by atoms with E-state index in [9.17, 15) is 14.7 Å². The van der Waals surface area contributed by atoms with Crippen LogP contribution in [0, 0.1) is 0 Å². The highest BCUT2D eigenvalue weighted by molar-refractivity contribution is 5.95. The average Bonchev–Trinajstić information content (AvgIpc) is 2.62. The van der Waals surface area contributed by atoms with Crippen LogP contribution in [0.1, 0.15) is 58.1 Å². The molecule has 2 rings (SSSR count). The number of ether oxygens (including phenoxy) is 2. The third-order valence-corrected chi connectivity index (χ3v) is 4.34. The first kappa shape index (κ1) is 20.6. The number of aromatic hydroxyl groups is 1. The number of unbranched alkanes of at least 4 members (excludes halogenated alkanes) is 3. The number of phenols is 1. The van der Waals surface area contributed by atoms with E-state index in [4.69, 9.17) is 9.47 Å². The number of rotatable bonds is 9. The van der Waals surface area contributed by atoms with E-state index in [1.165, 1.54) is 6.07 Å². The number of hydrogen-bond acceptors (Lipinski definition) is 5. The summed E-state index contributed by atoms with van der Waals surface area (Å²) in [5.41, 5.74) is 1.43. The molecule has 1 heterocycles. The Bertz CT molecular complexity index is 714. The molecule has 148 valence electrons. The van der Waals surface area contributed by atoms with Gasteiger partial charge in [-0.25, -0.2) is 9.59 Å². The Labute approximate surface area is 159 Å². The van der Waals surface area contributed by atoms with E-state index < -0.39 is 18.0 Å². The van der Waals surface area contributed by atoms with Crippen LogP contribution < -0.4 is 15.4 Å². The van der Waals surface area contributed by atoms with Crippen LogP contribution in [-0.4, -0.2) is 30.3 Å². The van der Waals surface area contributed by atoms with E-state index in [0.717, 1.165) is 25.7 Å². The topological polar surface area (TPSA) is 96.9 Å². The number of carbonyl (C=O) groups excluding carboxylic acids is 2. The van der Waals surface area contributed by atoms with Crippen LogP contribution in [0.5, 0.6) is 11.5 Å². The summed E-state index contributed by atoms with van der Waals surface area (Å²) in [6.07, 6.45) is 4.03. The Hall–Kier alpha value is -2.70. The number of hydrogen-bond donors (Lipinski definition) is 3. The molecule has 3 N–H and O–H groups in total. The van der Waals surface area contributed by atoms with Gasteiger partial charge in [-0.2, -0.15) is 0 Å². The van der Waals surface area contributed by atoms with Gasteiger partial charge in [0, 0.05) is 5.70 Å². The third kappa shape index (κ3) is 5.39. The number of amides is 2. The number of esters is 1. The highest BCUT2D eigenvalue weighted by Gasteiger charge is 2.32. The highest BCUT2D eigenvalue weighted by Crippen LogP contribution is 2.34. The Morgan fingerprint density at radius 2 is 2.00 bits per heavy atom. The van der Waals surface area contributed by atoms with Gasteiger partial charge >= 0.3 is 12.0 Å². The summed E-state index contributed by atoms with van der Waals surface area (Å²) >= 11 is 0. The molecule has 1 aromatic rings. The van der Waals surface area contributed by atoms with E-state index >= 15 is 0 Å². The number of allylic oxidation sites excluding steroid dienone is 1. The molecule has 1 aromatic carbocycles. The number of phenolic OH excluding ortho intramolecular Hbond substituents is 1. The van der Waals surface area contributed by atoms with Gasteiger partial charge in [0.05, 0.1) is 24.8 Å². The normalized spacial score (nSPS) is 16.6. The monoisotopic (exact) mass is 376 g/mol. The lowest BCUT2D eigenvalue weighted by molar-refractivity contribution is -0.139.